The third kappa shape index (κ3) is 3.68. The molecule has 144 valence electrons. The number of nitrogens with zero attached hydrogens (tertiary/aromatic N) is 5. The number of piperazine rings is 1. The molecule has 1 amide bonds. The fraction of sp³-hybridized carbons (Fsp3) is 0.263. The second-order valence-electron chi connectivity index (χ2n) is 6.52. The normalized spacial score (nSPS) is 14.5. The van der Waals surface area contributed by atoms with Gasteiger partial charge in [-0.05, 0) is 24.3 Å². The van der Waals surface area contributed by atoms with Gasteiger partial charge >= 0.3 is 0 Å². The minimum atomic E-state index is -0.338. The van der Waals surface area contributed by atoms with Gasteiger partial charge in [0.15, 0.2) is 0 Å². The van der Waals surface area contributed by atoms with Crippen LogP contribution in [0.5, 0.6) is 0 Å². The van der Waals surface area contributed by atoms with E-state index in [0.717, 1.165) is 5.82 Å². The van der Waals surface area contributed by atoms with Crippen molar-refractivity contribution in [1.29, 1.82) is 0 Å². The lowest BCUT2D eigenvalue weighted by Crippen LogP contribution is -2.50. The number of halogens is 2. The molecule has 1 saturated heterocycles. The molecule has 0 bridgehead atoms. The van der Waals surface area contributed by atoms with Crippen LogP contribution in [0.25, 0.3) is 10.9 Å². The highest BCUT2D eigenvalue weighted by atomic mass is 35.5. The van der Waals surface area contributed by atoms with E-state index in [-0.39, 0.29) is 18.0 Å². The van der Waals surface area contributed by atoms with Crippen LogP contribution in [0.4, 0.5) is 5.82 Å². The van der Waals surface area contributed by atoms with E-state index in [1.165, 1.54) is 23.0 Å². The van der Waals surface area contributed by atoms with Crippen molar-refractivity contribution in [3.8, 4) is 0 Å². The molecule has 0 aliphatic carbocycles. The standard InChI is InChI=1S/C19H17Cl2N5O2/c20-13-9-14-18(15(21)10-13)23-12-26(19(14)28)11-17(27)25-7-5-24(6-8-25)16-3-1-2-4-22-16/h1-4,9-10,12H,5-8,11H2. The van der Waals surface area contributed by atoms with E-state index in [9.17, 15) is 9.59 Å². The number of carbonyl (C=O) groups is 1. The van der Waals surface area contributed by atoms with Gasteiger partial charge in [-0.25, -0.2) is 9.97 Å². The smallest absolute Gasteiger partial charge is 0.261 e. The highest BCUT2D eigenvalue weighted by molar-refractivity contribution is 6.38. The van der Waals surface area contributed by atoms with Crippen LogP contribution in [-0.4, -0.2) is 51.5 Å². The van der Waals surface area contributed by atoms with Gasteiger partial charge in [0.2, 0.25) is 5.91 Å². The number of benzene rings is 1. The Morgan fingerprint density at radius 3 is 2.57 bits per heavy atom. The summed E-state index contributed by atoms with van der Waals surface area (Å²) in [6.45, 7) is 2.46. The average Bonchev–Trinajstić information content (AvgIpc) is 2.71. The first kappa shape index (κ1) is 18.7. The predicted octanol–water partition coefficient (Wildman–Crippen LogP) is 2.45. The molecule has 1 aromatic carbocycles. The summed E-state index contributed by atoms with van der Waals surface area (Å²) in [6.07, 6.45) is 3.11. The quantitative estimate of drug-likeness (QED) is 0.654. The minimum Gasteiger partial charge on any atom is -0.353 e. The third-order valence-electron chi connectivity index (χ3n) is 4.76. The van der Waals surface area contributed by atoms with Crippen molar-refractivity contribution in [2.75, 3.05) is 31.1 Å². The van der Waals surface area contributed by atoms with Crippen LogP contribution in [0.15, 0.2) is 47.7 Å². The second-order valence-corrected chi connectivity index (χ2v) is 7.36. The zero-order valence-electron chi connectivity index (χ0n) is 14.9. The third-order valence-corrected chi connectivity index (χ3v) is 5.26. The van der Waals surface area contributed by atoms with Crippen molar-refractivity contribution >= 4 is 45.8 Å². The van der Waals surface area contributed by atoms with Crippen LogP contribution in [0.1, 0.15) is 0 Å². The number of fused-ring (bicyclic) bond motifs is 1. The molecule has 0 spiro atoms. The molecule has 9 heteroatoms. The molecule has 0 unspecified atom stereocenters. The summed E-state index contributed by atoms with van der Waals surface area (Å²) in [7, 11) is 0. The van der Waals surface area contributed by atoms with Gasteiger partial charge in [0.25, 0.3) is 5.56 Å². The summed E-state index contributed by atoms with van der Waals surface area (Å²) in [6, 6.07) is 8.82. The average molecular weight is 418 g/mol. The first-order valence-corrected chi connectivity index (χ1v) is 9.56. The zero-order chi connectivity index (χ0) is 19.7. The lowest BCUT2D eigenvalue weighted by Gasteiger charge is -2.35. The van der Waals surface area contributed by atoms with E-state index in [2.05, 4.69) is 14.9 Å². The molecule has 28 heavy (non-hydrogen) atoms. The van der Waals surface area contributed by atoms with E-state index in [1.807, 2.05) is 18.2 Å². The number of carbonyl (C=O) groups excluding carboxylic acids is 1. The summed E-state index contributed by atoms with van der Waals surface area (Å²) < 4.78 is 1.29. The highest BCUT2D eigenvalue weighted by Gasteiger charge is 2.22. The predicted molar refractivity (Wildman–Crippen MR) is 109 cm³/mol. The lowest BCUT2D eigenvalue weighted by atomic mass is 10.2. The van der Waals surface area contributed by atoms with Crippen LogP contribution in [0.2, 0.25) is 10.0 Å². The van der Waals surface area contributed by atoms with Crippen LogP contribution >= 0.6 is 23.2 Å². The van der Waals surface area contributed by atoms with Crippen molar-refractivity contribution in [1.82, 2.24) is 19.4 Å². The maximum Gasteiger partial charge on any atom is 0.261 e. The molecule has 7 nitrogen and oxygen atoms in total. The maximum atomic E-state index is 12.7. The number of anilines is 1. The van der Waals surface area contributed by atoms with Gasteiger partial charge in [-0.3, -0.25) is 14.2 Å². The number of rotatable bonds is 3. The zero-order valence-corrected chi connectivity index (χ0v) is 16.4. The number of amides is 1. The molecular weight excluding hydrogens is 401 g/mol. The summed E-state index contributed by atoms with van der Waals surface area (Å²) in [4.78, 5) is 37.8. The molecular formula is C19H17Cl2N5O2. The molecule has 1 aliphatic heterocycles. The number of hydrogen-bond acceptors (Lipinski definition) is 5. The van der Waals surface area contributed by atoms with Crippen molar-refractivity contribution in [3.63, 3.8) is 0 Å². The first-order valence-electron chi connectivity index (χ1n) is 8.81. The van der Waals surface area contributed by atoms with Gasteiger partial charge in [-0.1, -0.05) is 29.3 Å². The molecule has 0 atom stereocenters. The Labute approximate surface area is 171 Å². The topological polar surface area (TPSA) is 71.3 Å². The van der Waals surface area contributed by atoms with Crippen molar-refractivity contribution in [3.05, 3.63) is 63.3 Å². The SMILES string of the molecule is O=C(Cn1cnc2c(Cl)cc(Cl)cc2c1=O)N1CCN(c2ccccn2)CC1. The fourth-order valence-electron chi connectivity index (χ4n) is 3.28. The molecule has 0 N–H and O–H groups in total. The minimum absolute atomic E-state index is 0.0739. The van der Waals surface area contributed by atoms with Crippen LogP contribution in [-0.2, 0) is 11.3 Å². The Morgan fingerprint density at radius 1 is 1.07 bits per heavy atom. The van der Waals surface area contributed by atoms with Crippen LogP contribution in [0.3, 0.4) is 0 Å². The van der Waals surface area contributed by atoms with E-state index >= 15 is 0 Å². The first-order chi connectivity index (χ1) is 13.5. The van der Waals surface area contributed by atoms with Gasteiger partial charge in [0.1, 0.15) is 12.4 Å². The fourth-order valence-corrected chi connectivity index (χ4v) is 3.82. The number of pyridine rings is 1. The lowest BCUT2D eigenvalue weighted by molar-refractivity contribution is -0.132. The van der Waals surface area contributed by atoms with Crippen molar-refractivity contribution in [2.45, 2.75) is 6.54 Å². The van der Waals surface area contributed by atoms with E-state index in [4.69, 9.17) is 23.2 Å². The largest absolute Gasteiger partial charge is 0.353 e. The molecule has 1 aliphatic rings. The van der Waals surface area contributed by atoms with E-state index in [1.54, 1.807) is 11.1 Å². The summed E-state index contributed by atoms with van der Waals surface area (Å²) >= 11 is 12.1. The molecule has 2 aromatic heterocycles. The van der Waals surface area contributed by atoms with Crippen LogP contribution in [0, 0.1) is 0 Å². The highest BCUT2D eigenvalue weighted by Crippen LogP contribution is 2.24. The molecule has 1 fully saturated rings. The Hall–Kier alpha value is -2.64. The Morgan fingerprint density at radius 2 is 1.86 bits per heavy atom. The summed E-state index contributed by atoms with van der Waals surface area (Å²) in [5, 5.41) is 0.961. The second kappa shape index (κ2) is 7.77. The van der Waals surface area contributed by atoms with Gasteiger partial charge in [0, 0.05) is 37.4 Å². The maximum absolute atomic E-state index is 12.7. The van der Waals surface area contributed by atoms with Crippen molar-refractivity contribution < 1.29 is 4.79 Å². The van der Waals surface area contributed by atoms with Gasteiger partial charge < -0.3 is 9.80 Å². The Kier molecular flexibility index (Phi) is 5.19. The Bertz CT molecular complexity index is 1080. The summed E-state index contributed by atoms with van der Waals surface area (Å²) in [5.41, 5.74) is 0.0404. The molecule has 3 aromatic rings. The molecule has 3 heterocycles. The molecule has 0 saturated carbocycles. The van der Waals surface area contributed by atoms with E-state index in [0.29, 0.717) is 47.1 Å². The number of aromatic nitrogens is 3. The Balaban J connectivity index is 1.47. The van der Waals surface area contributed by atoms with Crippen LogP contribution < -0.4 is 10.5 Å². The van der Waals surface area contributed by atoms with Gasteiger partial charge in [0.05, 0.1) is 22.3 Å². The van der Waals surface area contributed by atoms with E-state index < -0.39 is 0 Å². The number of hydrogen-bond donors (Lipinski definition) is 0. The molecule has 4 rings (SSSR count). The van der Waals surface area contributed by atoms with Crippen molar-refractivity contribution in [2.24, 2.45) is 0 Å². The monoisotopic (exact) mass is 417 g/mol. The van der Waals surface area contributed by atoms with Gasteiger partial charge in [-0.15, -0.1) is 0 Å². The van der Waals surface area contributed by atoms with Gasteiger partial charge in [-0.2, -0.15) is 0 Å². The molecule has 0 radical (unpaired) electrons. The summed E-state index contributed by atoms with van der Waals surface area (Å²) in [5.74, 6) is 0.773.